The SMILES string of the molecule is CC(C)(C)OC(=O)N1CCC(O)(CNC[C@@H]2CCCO2)CC1. The summed E-state index contributed by atoms with van der Waals surface area (Å²) in [5.41, 5.74) is -1.22. The number of nitrogens with one attached hydrogen (secondary N) is 1. The molecule has 0 aliphatic carbocycles. The van der Waals surface area contributed by atoms with Gasteiger partial charge in [0.1, 0.15) is 5.60 Å². The number of rotatable bonds is 4. The number of aliphatic hydroxyl groups is 1. The molecule has 0 bridgehead atoms. The van der Waals surface area contributed by atoms with Gasteiger partial charge in [0, 0.05) is 32.8 Å². The predicted octanol–water partition coefficient (Wildman–Crippen LogP) is 1.52. The third-order valence-electron chi connectivity index (χ3n) is 4.20. The summed E-state index contributed by atoms with van der Waals surface area (Å²) in [5.74, 6) is 0. The molecule has 6 nitrogen and oxygen atoms in total. The smallest absolute Gasteiger partial charge is 0.410 e. The van der Waals surface area contributed by atoms with Crippen molar-refractivity contribution in [2.75, 3.05) is 32.8 Å². The summed E-state index contributed by atoms with van der Waals surface area (Å²) in [6, 6.07) is 0. The van der Waals surface area contributed by atoms with E-state index in [4.69, 9.17) is 9.47 Å². The van der Waals surface area contributed by atoms with Crippen molar-refractivity contribution < 1.29 is 19.4 Å². The van der Waals surface area contributed by atoms with Crippen LogP contribution in [0.4, 0.5) is 4.79 Å². The van der Waals surface area contributed by atoms with Crippen molar-refractivity contribution in [2.24, 2.45) is 0 Å². The fourth-order valence-electron chi connectivity index (χ4n) is 2.88. The minimum absolute atomic E-state index is 0.283. The maximum absolute atomic E-state index is 12.0. The zero-order valence-electron chi connectivity index (χ0n) is 14.1. The van der Waals surface area contributed by atoms with Gasteiger partial charge in [0.15, 0.2) is 0 Å². The Hall–Kier alpha value is -0.850. The van der Waals surface area contributed by atoms with Crippen molar-refractivity contribution in [1.29, 1.82) is 0 Å². The molecule has 1 atom stereocenters. The number of carbonyl (C=O) groups is 1. The molecule has 2 aliphatic rings. The molecule has 2 rings (SSSR count). The molecule has 0 saturated carbocycles. The van der Waals surface area contributed by atoms with Crippen LogP contribution in [-0.4, -0.2) is 66.2 Å². The monoisotopic (exact) mass is 314 g/mol. The number of likely N-dealkylation sites (tertiary alicyclic amines) is 1. The summed E-state index contributed by atoms with van der Waals surface area (Å²) in [6.07, 6.45) is 3.36. The molecule has 128 valence electrons. The Labute approximate surface area is 133 Å². The Morgan fingerprint density at radius 1 is 1.41 bits per heavy atom. The van der Waals surface area contributed by atoms with Crippen molar-refractivity contribution in [2.45, 2.75) is 63.8 Å². The van der Waals surface area contributed by atoms with Crippen LogP contribution in [0.1, 0.15) is 46.5 Å². The molecule has 0 aromatic rings. The molecule has 2 saturated heterocycles. The average Bonchev–Trinajstić information content (AvgIpc) is 2.90. The quantitative estimate of drug-likeness (QED) is 0.823. The van der Waals surface area contributed by atoms with E-state index >= 15 is 0 Å². The summed E-state index contributed by atoms with van der Waals surface area (Å²) in [7, 11) is 0. The summed E-state index contributed by atoms with van der Waals surface area (Å²) in [5, 5.41) is 13.9. The first-order valence-electron chi connectivity index (χ1n) is 8.30. The van der Waals surface area contributed by atoms with Gasteiger partial charge in [0.25, 0.3) is 0 Å². The number of nitrogens with zero attached hydrogens (tertiary/aromatic N) is 1. The number of hydrogen-bond donors (Lipinski definition) is 2. The maximum atomic E-state index is 12.0. The van der Waals surface area contributed by atoms with Gasteiger partial charge in [-0.15, -0.1) is 0 Å². The van der Waals surface area contributed by atoms with Crippen molar-refractivity contribution in [3.63, 3.8) is 0 Å². The van der Waals surface area contributed by atoms with E-state index in [-0.39, 0.29) is 12.2 Å². The van der Waals surface area contributed by atoms with E-state index < -0.39 is 11.2 Å². The maximum Gasteiger partial charge on any atom is 0.410 e. The second kappa shape index (κ2) is 7.15. The van der Waals surface area contributed by atoms with Crippen LogP contribution in [0.2, 0.25) is 0 Å². The number of hydrogen-bond acceptors (Lipinski definition) is 5. The molecular weight excluding hydrogens is 284 g/mol. The average molecular weight is 314 g/mol. The first-order chi connectivity index (χ1) is 10.3. The van der Waals surface area contributed by atoms with E-state index in [2.05, 4.69) is 5.32 Å². The zero-order valence-corrected chi connectivity index (χ0v) is 14.1. The summed E-state index contributed by atoms with van der Waals surface area (Å²) >= 11 is 0. The van der Waals surface area contributed by atoms with Gasteiger partial charge in [-0.1, -0.05) is 0 Å². The molecule has 2 aliphatic heterocycles. The van der Waals surface area contributed by atoms with Crippen molar-refractivity contribution >= 4 is 6.09 Å². The van der Waals surface area contributed by atoms with Gasteiger partial charge in [-0.25, -0.2) is 4.79 Å². The fourth-order valence-corrected chi connectivity index (χ4v) is 2.88. The molecule has 1 amide bonds. The molecule has 2 N–H and O–H groups in total. The van der Waals surface area contributed by atoms with Crippen molar-refractivity contribution in [1.82, 2.24) is 10.2 Å². The van der Waals surface area contributed by atoms with Crippen LogP contribution in [0.5, 0.6) is 0 Å². The Morgan fingerprint density at radius 2 is 2.09 bits per heavy atom. The lowest BCUT2D eigenvalue weighted by Gasteiger charge is -2.38. The molecule has 2 fully saturated rings. The summed E-state index contributed by atoms with van der Waals surface area (Å²) < 4.78 is 10.9. The van der Waals surface area contributed by atoms with Crippen LogP contribution in [0, 0.1) is 0 Å². The van der Waals surface area contributed by atoms with Crippen LogP contribution in [-0.2, 0) is 9.47 Å². The van der Waals surface area contributed by atoms with Gasteiger partial charge in [-0.3, -0.25) is 0 Å². The fraction of sp³-hybridized carbons (Fsp3) is 0.938. The second-order valence-electron chi connectivity index (χ2n) is 7.46. The highest BCUT2D eigenvalue weighted by molar-refractivity contribution is 5.68. The van der Waals surface area contributed by atoms with Crippen molar-refractivity contribution in [3.8, 4) is 0 Å². The van der Waals surface area contributed by atoms with Gasteiger partial charge < -0.3 is 24.8 Å². The normalized spacial score (nSPS) is 25.3. The van der Waals surface area contributed by atoms with Crippen molar-refractivity contribution in [3.05, 3.63) is 0 Å². The van der Waals surface area contributed by atoms with Crippen LogP contribution < -0.4 is 5.32 Å². The molecule has 0 aromatic heterocycles. The largest absolute Gasteiger partial charge is 0.444 e. The van der Waals surface area contributed by atoms with Crippen LogP contribution in [0.3, 0.4) is 0 Å². The van der Waals surface area contributed by atoms with E-state index in [0.717, 1.165) is 26.0 Å². The van der Waals surface area contributed by atoms with Gasteiger partial charge in [0.2, 0.25) is 0 Å². The standard InChI is InChI=1S/C16H30N2O4/c1-15(2,3)22-14(19)18-8-6-16(20,7-9-18)12-17-11-13-5-4-10-21-13/h13,17,20H,4-12H2,1-3H3/t13-/m0/s1. The second-order valence-corrected chi connectivity index (χ2v) is 7.46. The molecule has 0 aromatic carbocycles. The molecule has 0 unspecified atom stereocenters. The molecule has 0 radical (unpaired) electrons. The minimum atomic E-state index is -0.739. The molecule has 0 spiro atoms. The first-order valence-corrected chi connectivity index (χ1v) is 8.30. The third kappa shape index (κ3) is 5.41. The highest BCUT2D eigenvalue weighted by Crippen LogP contribution is 2.23. The Morgan fingerprint density at radius 3 is 2.64 bits per heavy atom. The topological polar surface area (TPSA) is 71.0 Å². The van der Waals surface area contributed by atoms with Crippen LogP contribution >= 0.6 is 0 Å². The van der Waals surface area contributed by atoms with E-state index in [1.54, 1.807) is 4.90 Å². The third-order valence-corrected chi connectivity index (χ3v) is 4.20. The van der Waals surface area contributed by atoms with Gasteiger partial charge in [-0.05, 0) is 46.5 Å². The lowest BCUT2D eigenvalue weighted by Crippen LogP contribution is -2.52. The van der Waals surface area contributed by atoms with Gasteiger partial charge in [0.05, 0.1) is 11.7 Å². The molecule has 22 heavy (non-hydrogen) atoms. The summed E-state index contributed by atoms with van der Waals surface area (Å²) in [6.45, 7) is 8.84. The van der Waals surface area contributed by atoms with E-state index in [9.17, 15) is 9.90 Å². The first kappa shape index (κ1) is 17.5. The Bertz CT molecular complexity index is 367. The van der Waals surface area contributed by atoms with E-state index in [0.29, 0.717) is 32.5 Å². The lowest BCUT2D eigenvalue weighted by molar-refractivity contribution is -0.0321. The van der Waals surface area contributed by atoms with E-state index in [1.807, 2.05) is 20.8 Å². The highest BCUT2D eigenvalue weighted by atomic mass is 16.6. The van der Waals surface area contributed by atoms with E-state index in [1.165, 1.54) is 0 Å². The number of carbonyl (C=O) groups excluding carboxylic acids is 1. The highest BCUT2D eigenvalue weighted by Gasteiger charge is 2.35. The Kier molecular flexibility index (Phi) is 5.69. The number of piperidine rings is 1. The predicted molar refractivity (Wildman–Crippen MR) is 83.8 cm³/mol. The number of amides is 1. The molecular formula is C16H30N2O4. The van der Waals surface area contributed by atoms with Crippen LogP contribution in [0.15, 0.2) is 0 Å². The van der Waals surface area contributed by atoms with Gasteiger partial charge >= 0.3 is 6.09 Å². The number of ether oxygens (including phenoxy) is 2. The zero-order chi connectivity index (χ0) is 16.2. The molecule has 6 heteroatoms. The van der Waals surface area contributed by atoms with Crippen LogP contribution in [0.25, 0.3) is 0 Å². The Balaban J connectivity index is 1.69. The van der Waals surface area contributed by atoms with Gasteiger partial charge in [-0.2, -0.15) is 0 Å². The lowest BCUT2D eigenvalue weighted by atomic mass is 9.91. The summed E-state index contributed by atoms with van der Waals surface area (Å²) in [4.78, 5) is 13.7. The minimum Gasteiger partial charge on any atom is -0.444 e. The molecule has 2 heterocycles.